The molecule has 1 heterocycles. The second-order valence-electron chi connectivity index (χ2n) is 4.52. The van der Waals surface area contributed by atoms with E-state index in [-0.39, 0.29) is 0 Å². The number of aromatic nitrogens is 2. The topological polar surface area (TPSA) is 75.9 Å². The first-order valence-corrected chi connectivity index (χ1v) is 6.88. The number of nitrogens with zero attached hydrogens (tertiary/aromatic N) is 2. The molecule has 2 aromatic rings. The maximum Gasteiger partial charge on any atom is 0.239 e. The van der Waals surface area contributed by atoms with Crippen LogP contribution >= 0.6 is 15.9 Å². The summed E-state index contributed by atoms with van der Waals surface area (Å²) in [7, 11) is 0. The summed E-state index contributed by atoms with van der Waals surface area (Å²) < 4.78 is 0.833. The van der Waals surface area contributed by atoms with Gasteiger partial charge in [0.25, 0.3) is 0 Å². The minimum atomic E-state index is 0.403. The van der Waals surface area contributed by atoms with Crippen molar-refractivity contribution in [2.24, 2.45) is 5.84 Å². The highest BCUT2D eigenvalue weighted by molar-refractivity contribution is 9.10. The quantitative estimate of drug-likeness (QED) is 0.595. The van der Waals surface area contributed by atoms with E-state index in [1.165, 1.54) is 11.1 Å². The van der Waals surface area contributed by atoms with Crippen molar-refractivity contribution < 1.29 is 0 Å². The number of hydrogen-bond donors (Lipinski definition) is 3. The maximum absolute atomic E-state index is 5.31. The Morgan fingerprint density at radius 3 is 3.00 bits per heavy atom. The van der Waals surface area contributed by atoms with Crippen molar-refractivity contribution in [2.75, 3.05) is 17.3 Å². The highest BCUT2D eigenvalue weighted by Crippen LogP contribution is 2.35. The van der Waals surface area contributed by atoms with Crippen LogP contribution in [0.5, 0.6) is 0 Å². The van der Waals surface area contributed by atoms with Gasteiger partial charge in [0.05, 0.1) is 4.47 Å². The van der Waals surface area contributed by atoms with Gasteiger partial charge in [-0.1, -0.05) is 24.3 Å². The zero-order valence-corrected chi connectivity index (χ0v) is 11.8. The average Bonchev–Trinajstić information content (AvgIpc) is 2.42. The fourth-order valence-electron chi connectivity index (χ4n) is 2.33. The van der Waals surface area contributed by atoms with Gasteiger partial charge in [-0.05, 0) is 33.5 Å². The van der Waals surface area contributed by atoms with Crippen molar-refractivity contribution in [1.82, 2.24) is 9.97 Å². The highest BCUT2D eigenvalue weighted by Gasteiger charge is 2.25. The Hall–Kier alpha value is -1.66. The van der Waals surface area contributed by atoms with Crippen LogP contribution in [0.15, 0.2) is 34.9 Å². The minimum Gasteiger partial charge on any atom is -0.368 e. The molecule has 0 bridgehead atoms. The van der Waals surface area contributed by atoms with Crippen molar-refractivity contribution >= 4 is 27.7 Å². The van der Waals surface area contributed by atoms with Crippen molar-refractivity contribution in [2.45, 2.75) is 12.3 Å². The van der Waals surface area contributed by atoms with Gasteiger partial charge < -0.3 is 5.32 Å². The number of rotatable bonds is 4. The standard InChI is InChI=1S/C13H14BrN5/c14-11-7-17-13(19-15)18-12(11)16-6-9-5-8-3-1-2-4-10(8)9/h1-4,7,9H,5-6,15H2,(H2,16,17,18,19). The van der Waals surface area contributed by atoms with E-state index >= 15 is 0 Å². The van der Waals surface area contributed by atoms with Crippen LogP contribution in [0.1, 0.15) is 17.0 Å². The van der Waals surface area contributed by atoms with E-state index in [1.807, 2.05) is 0 Å². The van der Waals surface area contributed by atoms with Crippen LogP contribution in [0, 0.1) is 0 Å². The molecule has 0 saturated carbocycles. The summed E-state index contributed by atoms with van der Waals surface area (Å²) in [4.78, 5) is 8.29. The number of hydrazine groups is 1. The molecule has 4 N–H and O–H groups in total. The van der Waals surface area contributed by atoms with Crippen molar-refractivity contribution in [3.63, 3.8) is 0 Å². The molecule has 0 saturated heterocycles. The third-order valence-electron chi connectivity index (χ3n) is 3.35. The lowest BCUT2D eigenvalue weighted by Gasteiger charge is -2.30. The predicted molar refractivity (Wildman–Crippen MR) is 78.9 cm³/mol. The summed E-state index contributed by atoms with van der Waals surface area (Å²) in [6.45, 7) is 0.858. The fourth-order valence-corrected chi connectivity index (χ4v) is 2.66. The summed E-state index contributed by atoms with van der Waals surface area (Å²) in [6.07, 6.45) is 2.80. The van der Waals surface area contributed by atoms with Crippen LogP contribution in [0.3, 0.4) is 0 Å². The molecule has 1 aromatic carbocycles. The third-order valence-corrected chi connectivity index (χ3v) is 3.93. The molecular weight excluding hydrogens is 306 g/mol. The molecule has 5 nitrogen and oxygen atoms in total. The fraction of sp³-hybridized carbons (Fsp3) is 0.231. The summed E-state index contributed by atoms with van der Waals surface area (Å²) in [5, 5.41) is 3.34. The van der Waals surface area contributed by atoms with Gasteiger partial charge in [0, 0.05) is 18.7 Å². The minimum absolute atomic E-state index is 0.403. The molecule has 1 aromatic heterocycles. The third kappa shape index (κ3) is 2.41. The molecule has 1 atom stereocenters. The van der Waals surface area contributed by atoms with Crippen LogP contribution in [0.25, 0.3) is 0 Å². The van der Waals surface area contributed by atoms with E-state index < -0.39 is 0 Å². The first-order chi connectivity index (χ1) is 9.28. The van der Waals surface area contributed by atoms with Crippen molar-refractivity contribution in [3.8, 4) is 0 Å². The molecule has 0 spiro atoms. The summed E-state index contributed by atoms with van der Waals surface area (Å²) in [5.74, 6) is 7.01. The number of nitrogens with one attached hydrogen (secondary N) is 2. The lowest BCUT2D eigenvalue weighted by Crippen LogP contribution is -2.24. The molecule has 0 aliphatic heterocycles. The van der Waals surface area contributed by atoms with E-state index in [2.05, 4.69) is 60.9 Å². The number of nitrogen functional groups attached to an aromatic ring is 1. The van der Waals surface area contributed by atoms with Crippen LogP contribution in [0.4, 0.5) is 11.8 Å². The molecule has 0 amide bonds. The van der Waals surface area contributed by atoms with Crippen molar-refractivity contribution in [1.29, 1.82) is 0 Å². The normalized spacial score (nSPS) is 16.4. The zero-order valence-electron chi connectivity index (χ0n) is 10.2. The predicted octanol–water partition coefficient (Wildman–Crippen LogP) is 2.28. The van der Waals surface area contributed by atoms with Crippen LogP contribution in [0.2, 0.25) is 0 Å². The Kier molecular flexibility index (Phi) is 3.35. The van der Waals surface area contributed by atoms with Gasteiger partial charge in [-0.25, -0.2) is 10.8 Å². The summed E-state index contributed by atoms with van der Waals surface area (Å²) in [5.41, 5.74) is 5.32. The molecule has 1 aliphatic rings. The lowest BCUT2D eigenvalue weighted by atomic mass is 9.78. The first-order valence-electron chi connectivity index (χ1n) is 6.08. The summed E-state index contributed by atoms with van der Waals surface area (Å²) in [6, 6.07) is 8.54. The SMILES string of the molecule is NNc1ncc(Br)c(NCC2Cc3ccccc32)n1. The van der Waals surface area contributed by atoms with Crippen LogP contribution in [-0.2, 0) is 6.42 Å². The number of hydrogen-bond acceptors (Lipinski definition) is 5. The number of halogens is 1. The molecular formula is C13H14BrN5. The van der Waals surface area contributed by atoms with Gasteiger partial charge in [-0.3, -0.25) is 5.43 Å². The van der Waals surface area contributed by atoms with Crippen LogP contribution < -0.4 is 16.6 Å². The number of nitrogens with two attached hydrogens (primary N) is 1. The van der Waals surface area contributed by atoms with E-state index in [4.69, 9.17) is 5.84 Å². The smallest absolute Gasteiger partial charge is 0.239 e. The van der Waals surface area contributed by atoms with Gasteiger partial charge >= 0.3 is 0 Å². The molecule has 0 fully saturated rings. The second kappa shape index (κ2) is 5.14. The Bertz CT molecular complexity index is 601. The van der Waals surface area contributed by atoms with Crippen molar-refractivity contribution in [3.05, 3.63) is 46.1 Å². The van der Waals surface area contributed by atoms with Gasteiger partial charge in [-0.2, -0.15) is 4.98 Å². The largest absolute Gasteiger partial charge is 0.368 e. The number of anilines is 2. The van der Waals surface area contributed by atoms with Crippen LogP contribution in [-0.4, -0.2) is 16.5 Å². The lowest BCUT2D eigenvalue weighted by molar-refractivity contribution is 0.634. The molecule has 3 rings (SSSR count). The second-order valence-corrected chi connectivity index (χ2v) is 5.37. The Labute approximate surface area is 119 Å². The first kappa shape index (κ1) is 12.4. The average molecular weight is 320 g/mol. The Morgan fingerprint density at radius 2 is 2.21 bits per heavy atom. The number of benzene rings is 1. The van der Waals surface area contributed by atoms with Gasteiger partial charge in [0.15, 0.2) is 0 Å². The molecule has 0 radical (unpaired) electrons. The van der Waals surface area contributed by atoms with Gasteiger partial charge in [0.2, 0.25) is 5.95 Å². The molecule has 1 unspecified atom stereocenters. The monoisotopic (exact) mass is 319 g/mol. The highest BCUT2D eigenvalue weighted by atomic mass is 79.9. The molecule has 1 aliphatic carbocycles. The molecule has 19 heavy (non-hydrogen) atoms. The molecule has 6 heteroatoms. The van der Waals surface area contributed by atoms with Gasteiger partial charge in [0.1, 0.15) is 5.82 Å². The summed E-state index contributed by atoms with van der Waals surface area (Å²) >= 11 is 3.43. The number of fused-ring (bicyclic) bond motifs is 1. The Morgan fingerprint density at radius 1 is 1.37 bits per heavy atom. The van der Waals surface area contributed by atoms with E-state index in [9.17, 15) is 0 Å². The maximum atomic E-state index is 5.31. The van der Waals surface area contributed by atoms with E-state index in [0.717, 1.165) is 23.3 Å². The van der Waals surface area contributed by atoms with E-state index in [1.54, 1.807) is 6.20 Å². The molecule has 98 valence electrons. The zero-order chi connectivity index (χ0) is 13.2. The Balaban J connectivity index is 1.68. The van der Waals surface area contributed by atoms with Gasteiger partial charge in [-0.15, -0.1) is 0 Å². The van der Waals surface area contributed by atoms with E-state index in [0.29, 0.717) is 11.9 Å².